The number of nitrogens with one attached hydrogen (secondary N) is 2. The number of hydrogen-bond acceptors (Lipinski definition) is 3. The molecule has 0 saturated carbocycles. The number of carbonyl (C=O) groups is 3. The van der Waals surface area contributed by atoms with Crippen molar-refractivity contribution >= 4 is 17.8 Å². The molecule has 1 unspecified atom stereocenters. The van der Waals surface area contributed by atoms with Crippen LogP contribution in [-0.4, -0.2) is 35.3 Å². The minimum Gasteiger partial charge on any atom is -0.354 e. The second kappa shape index (κ2) is 9.39. The van der Waals surface area contributed by atoms with Crippen molar-refractivity contribution in [1.82, 2.24) is 15.5 Å². The Kier molecular flexibility index (Phi) is 6.40. The van der Waals surface area contributed by atoms with E-state index in [0.29, 0.717) is 17.7 Å². The van der Waals surface area contributed by atoms with Gasteiger partial charge in [0, 0.05) is 6.54 Å². The normalized spacial score (nSPS) is 18.7. The van der Waals surface area contributed by atoms with Crippen molar-refractivity contribution in [2.75, 3.05) is 6.54 Å². The standard InChI is InChI=1S/C26H29N3O3/c1-19(23(30)27-18-17-20-11-5-2-6-12-20)29-24(31)26(28-25(29)32,21-13-7-3-8-14-21)22-15-9-4-10-16-22/h3-4,7-11,13-16,19H,2,5-6,12,17-18H2,1H3,(H,27,30)(H,28,32). The van der Waals surface area contributed by atoms with Gasteiger partial charge in [0.1, 0.15) is 6.04 Å². The molecule has 166 valence electrons. The van der Waals surface area contributed by atoms with Crippen molar-refractivity contribution in [3.8, 4) is 0 Å². The molecular formula is C26H29N3O3. The van der Waals surface area contributed by atoms with Crippen molar-refractivity contribution in [2.24, 2.45) is 0 Å². The SMILES string of the molecule is CC(C(=O)NCCC1=CCCCC1)N1C(=O)NC(c2ccccc2)(c2ccccc2)C1=O. The first kappa shape index (κ1) is 21.8. The molecule has 0 aromatic heterocycles. The summed E-state index contributed by atoms with van der Waals surface area (Å²) >= 11 is 0. The Morgan fingerprint density at radius 1 is 1.03 bits per heavy atom. The molecule has 6 heteroatoms. The highest BCUT2D eigenvalue weighted by Gasteiger charge is 2.55. The van der Waals surface area contributed by atoms with E-state index in [4.69, 9.17) is 0 Å². The number of urea groups is 1. The second-order valence-corrected chi connectivity index (χ2v) is 8.41. The van der Waals surface area contributed by atoms with E-state index in [1.807, 2.05) is 60.7 Å². The molecule has 6 nitrogen and oxygen atoms in total. The maximum absolute atomic E-state index is 13.8. The predicted molar refractivity (Wildman–Crippen MR) is 123 cm³/mol. The highest BCUT2D eigenvalue weighted by molar-refractivity contribution is 6.12. The molecule has 2 aromatic carbocycles. The van der Waals surface area contributed by atoms with Crippen LogP contribution in [0.1, 0.15) is 50.2 Å². The quantitative estimate of drug-likeness (QED) is 0.516. The average molecular weight is 432 g/mol. The number of benzene rings is 2. The van der Waals surface area contributed by atoms with Gasteiger partial charge in [0.25, 0.3) is 5.91 Å². The third-order valence-corrected chi connectivity index (χ3v) is 6.36. The molecule has 0 spiro atoms. The molecule has 4 amide bonds. The van der Waals surface area contributed by atoms with E-state index in [1.165, 1.54) is 18.4 Å². The average Bonchev–Trinajstić information content (AvgIpc) is 3.11. The van der Waals surface area contributed by atoms with Gasteiger partial charge in [-0.2, -0.15) is 0 Å². The third-order valence-electron chi connectivity index (χ3n) is 6.36. The number of rotatable bonds is 7. The van der Waals surface area contributed by atoms with Gasteiger partial charge in [-0.1, -0.05) is 72.3 Å². The van der Waals surface area contributed by atoms with E-state index in [0.717, 1.165) is 24.2 Å². The van der Waals surface area contributed by atoms with Crippen LogP contribution in [0.3, 0.4) is 0 Å². The van der Waals surface area contributed by atoms with Crippen LogP contribution < -0.4 is 10.6 Å². The van der Waals surface area contributed by atoms with E-state index in [-0.39, 0.29) is 5.91 Å². The van der Waals surface area contributed by atoms with Crippen LogP contribution >= 0.6 is 0 Å². The number of hydrogen-bond donors (Lipinski definition) is 2. The monoisotopic (exact) mass is 431 g/mol. The highest BCUT2D eigenvalue weighted by atomic mass is 16.2. The zero-order valence-corrected chi connectivity index (χ0v) is 18.3. The molecule has 2 aliphatic rings. The molecule has 1 aliphatic carbocycles. The van der Waals surface area contributed by atoms with Crippen LogP contribution in [0, 0.1) is 0 Å². The number of carbonyl (C=O) groups excluding carboxylic acids is 3. The molecule has 32 heavy (non-hydrogen) atoms. The number of allylic oxidation sites excluding steroid dienone is 1. The maximum atomic E-state index is 13.8. The Morgan fingerprint density at radius 3 is 2.22 bits per heavy atom. The fourth-order valence-corrected chi connectivity index (χ4v) is 4.58. The van der Waals surface area contributed by atoms with Crippen molar-refractivity contribution in [3.63, 3.8) is 0 Å². The molecule has 1 atom stereocenters. The lowest BCUT2D eigenvalue weighted by molar-refractivity contribution is -0.137. The van der Waals surface area contributed by atoms with Crippen LogP contribution in [0.4, 0.5) is 4.79 Å². The van der Waals surface area contributed by atoms with Gasteiger partial charge in [-0.3, -0.25) is 9.59 Å². The lowest BCUT2D eigenvalue weighted by Crippen LogP contribution is -2.50. The summed E-state index contributed by atoms with van der Waals surface area (Å²) in [5.74, 6) is -0.778. The molecule has 1 heterocycles. The summed E-state index contributed by atoms with van der Waals surface area (Å²) < 4.78 is 0. The third kappa shape index (κ3) is 4.05. The molecule has 1 saturated heterocycles. The lowest BCUT2D eigenvalue weighted by atomic mass is 9.82. The highest BCUT2D eigenvalue weighted by Crippen LogP contribution is 2.36. The smallest absolute Gasteiger partial charge is 0.326 e. The van der Waals surface area contributed by atoms with Crippen LogP contribution in [-0.2, 0) is 15.1 Å². The van der Waals surface area contributed by atoms with Gasteiger partial charge in [-0.05, 0) is 50.2 Å². The van der Waals surface area contributed by atoms with Gasteiger partial charge < -0.3 is 10.6 Å². The molecule has 2 N–H and O–H groups in total. The van der Waals surface area contributed by atoms with Gasteiger partial charge in [-0.15, -0.1) is 0 Å². The van der Waals surface area contributed by atoms with Crippen LogP contribution in [0.2, 0.25) is 0 Å². The van der Waals surface area contributed by atoms with Gasteiger partial charge in [-0.25, -0.2) is 9.69 Å². The Bertz CT molecular complexity index is 978. The molecule has 2 aromatic rings. The Labute approximate surface area is 188 Å². The van der Waals surface area contributed by atoms with Crippen LogP contribution in [0.5, 0.6) is 0 Å². The minimum atomic E-state index is -1.36. The van der Waals surface area contributed by atoms with E-state index in [2.05, 4.69) is 16.7 Å². The van der Waals surface area contributed by atoms with E-state index >= 15 is 0 Å². The number of imide groups is 1. The summed E-state index contributed by atoms with van der Waals surface area (Å²) in [5.41, 5.74) is 1.32. The summed E-state index contributed by atoms with van der Waals surface area (Å²) in [6, 6.07) is 16.8. The van der Waals surface area contributed by atoms with Crippen molar-refractivity contribution in [3.05, 3.63) is 83.4 Å². The summed E-state index contributed by atoms with van der Waals surface area (Å²) in [4.78, 5) is 40.7. The van der Waals surface area contributed by atoms with Gasteiger partial charge in [0.15, 0.2) is 5.54 Å². The van der Waals surface area contributed by atoms with E-state index in [1.54, 1.807) is 6.92 Å². The van der Waals surface area contributed by atoms with Crippen molar-refractivity contribution in [1.29, 1.82) is 0 Å². The summed E-state index contributed by atoms with van der Waals surface area (Å²) in [7, 11) is 0. The molecule has 0 radical (unpaired) electrons. The summed E-state index contributed by atoms with van der Waals surface area (Å²) in [5, 5.41) is 5.79. The predicted octanol–water partition coefficient (Wildman–Crippen LogP) is 3.88. The molecule has 1 fully saturated rings. The zero-order chi connectivity index (χ0) is 22.6. The Morgan fingerprint density at radius 2 is 1.66 bits per heavy atom. The first-order chi connectivity index (χ1) is 15.5. The largest absolute Gasteiger partial charge is 0.354 e. The topological polar surface area (TPSA) is 78.5 Å². The first-order valence-electron chi connectivity index (χ1n) is 11.3. The Balaban J connectivity index is 1.55. The van der Waals surface area contributed by atoms with E-state index in [9.17, 15) is 14.4 Å². The molecule has 4 rings (SSSR count). The number of amides is 4. The van der Waals surface area contributed by atoms with Crippen LogP contribution in [0.25, 0.3) is 0 Å². The summed E-state index contributed by atoms with van der Waals surface area (Å²) in [6.07, 6.45) is 7.66. The van der Waals surface area contributed by atoms with Crippen LogP contribution in [0.15, 0.2) is 72.3 Å². The molecule has 1 aliphatic heterocycles. The van der Waals surface area contributed by atoms with E-state index < -0.39 is 23.5 Å². The van der Waals surface area contributed by atoms with Gasteiger partial charge in [0.05, 0.1) is 0 Å². The fourth-order valence-electron chi connectivity index (χ4n) is 4.58. The minimum absolute atomic E-state index is 0.332. The van der Waals surface area contributed by atoms with Crippen molar-refractivity contribution in [2.45, 2.75) is 50.6 Å². The molecule has 0 bridgehead atoms. The van der Waals surface area contributed by atoms with Crippen molar-refractivity contribution < 1.29 is 14.4 Å². The summed E-state index contributed by atoms with van der Waals surface area (Å²) in [6.45, 7) is 2.10. The van der Waals surface area contributed by atoms with Gasteiger partial charge in [0.2, 0.25) is 5.91 Å². The van der Waals surface area contributed by atoms with Gasteiger partial charge >= 0.3 is 6.03 Å². The lowest BCUT2D eigenvalue weighted by Gasteiger charge is -2.29. The second-order valence-electron chi connectivity index (χ2n) is 8.41. The maximum Gasteiger partial charge on any atom is 0.326 e. The Hall–Kier alpha value is -3.41. The molecular weight excluding hydrogens is 402 g/mol. The number of nitrogens with zero attached hydrogens (tertiary/aromatic N) is 1. The fraction of sp³-hybridized carbons (Fsp3) is 0.346. The first-order valence-corrected chi connectivity index (χ1v) is 11.3. The zero-order valence-electron chi connectivity index (χ0n) is 18.3.